The van der Waals surface area contributed by atoms with Crippen molar-refractivity contribution in [3.8, 4) is 17.3 Å². The minimum atomic E-state index is -2.25. The van der Waals surface area contributed by atoms with Gasteiger partial charge in [-0.1, -0.05) is 76.7 Å². The van der Waals surface area contributed by atoms with E-state index in [1.54, 1.807) is 77.5 Å². The molecule has 8 nitrogen and oxygen atoms in total. The van der Waals surface area contributed by atoms with Gasteiger partial charge in [0.05, 0.1) is 24.8 Å². The number of carbonyl (C=O) groups is 1. The molecule has 0 amide bonds. The normalized spacial score (nSPS) is 26.9. The number of aromatic nitrogens is 2. The molecule has 2 aromatic carbocycles. The maximum absolute atomic E-state index is 12.8. The zero-order chi connectivity index (χ0) is 27.5. The molecule has 198 valence electrons. The van der Waals surface area contributed by atoms with Gasteiger partial charge in [0, 0.05) is 16.6 Å². The number of ether oxygens (including phenoxy) is 2. The molecule has 6 rings (SSSR count). The second-order valence-electron chi connectivity index (χ2n) is 9.57. The molecule has 0 unspecified atom stereocenters. The second-order valence-corrected chi connectivity index (χ2v) is 10.9. The predicted molar refractivity (Wildman–Crippen MR) is 148 cm³/mol. The first kappa shape index (κ1) is 25.7. The Balaban J connectivity index is 1.75. The van der Waals surface area contributed by atoms with Gasteiger partial charge in [0.1, 0.15) is 16.5 Å². The van der Waals surface area contributed by atoms with Crippen molar-refractivity contribution in [2.24, 2.45) is 5.92 Å². The Bertz CT molecular complexity index is 1650. The van der Waals surface area contributed by atoms with Crippen molar-refractivity contribution in [1.82, 2.24) is 9.55 Å². The summed E-state index contributed by atoms with van der Waals surface area (Å²) >= 11 is 9.00. The van der Waals surface area contributed by atoms with Crippen molar-refractivity contribution in [1.29, 1.82) is 0 Å². The molecule has 3 heterocycles. The van der Waals surface area contributed by atoms with Gasteiger partial charge in [-0.3, -0.25) is 9.36 Å². The number of aliphatic hydroxyl groups is 2. The van der Waals surface area contributed by atoms with Gasteiger partial charge < -0.3 is 24.8 Å². The third kappa shape index (κ3) is 3.45. The summed E-state index contributed by atoms with van der Waals surface area (Å²) in [6.07, 6.45) is 1.36. The van der Waals surface area contributed by atoms with Crippen LogP contribution in [0.2, 0.25) is 0 Å². The second kappa shape index (κ2) is 9.27. The van der Waals surface area contributed by atoms with Crippen LogP contribution in [0.15, 0.2) is 89.7 Å². The van der Waals surface area contributed by atoms with Crippen LogP contribution in [-0.2, 0) is 16.0 Å². The summed E-state index contributed by atoms with van der Waals surface area (Å²) in [7, 11) is 1.42. The molecule has 1 saturated carbocycles. The van der Waals surface area contributed by atoms with Gasteiger partial charge in [-0.05, 0) is 35.4 Å². The molecule has 0 spiro atoms. The number of aliphatic carboxylic acids is 1. The number of nitrogens with zero attached hydrogens (tertiary/aromatic N) is 2. The Morgan fingerprint density at radius 3 is 2.44 bits per heavy atom. The minimum absolute atomic E-state index is 0.112. The molecular weight excluding hydrogens is 584 g/mol. The zero-order valence-corrected chi connectivity index (χ0v) is 23.0. The maximum Gasteiger partial charge on any atom is 0.310 e. The monoisotopic (exact) mass is 606 g/mol. The first-order chi connectivity index (χ1) is 18.8. The third-order valence-electron chi connectivity index (χ3n) is 7.74. The SMILES string of the molecule is COc1cnc(-n2ccccc2=S)c2c1[C@]1(O)[C@H](O)[C@H](C(=O)O)[C@@H](c3ccccc3)[C@]1(c1ccc(Br)cc1)O2. The highest BCUT2D eigenvalue weighted by Crippen LogP contribution is 2.70. The smallest absolute Gasteiger partial charge is 0.310 e. The van der Waals surface area contributed by atoms with Gasteiger partial charge >= 0.3 is 5.97 Å². The predicted octanol–water partition coefficient (Wildman–Crippen LogP) is 4.71. The Labute approximate surface area is 237 Å². The molecule has 3 N–H and O–H groups in total. The lowest BCUT2D eigenvalue weighted by Crippen LogP contribution is -2.52. The summed E-state index contributed by atoms with van der Waals surface area (Å²) < 4.78 is 15.3. The standard InChI is InChI=1S/C29H23BrN2O6S/c1-37-19-15-31-26(32-14-6-5-9-20(32)39)24-23(19)28(36)25(33)21(27(34)35)22(16-7-3-2-4-8-16)29(28,38-24)17-10-12-18(30)13-11-17/h2-15,21-22,25,33,36H,1H3,(H,34,35)/t21-,22-,25-,28+,29+/m1/s1. The number of hydrogen-bond acceptors (Lipinski definition) is 7. The Morgan fingerprint density at radius 1 is 1.10 bits per heavy atom. The summed E-state index contributed by atoms with van der Waals surface area (Å²) in [4.78, 5) is 17.4. The number of pyridine rings is 2. The van der Waals surface area contributed by atoms with Crippen LogP contribution < -0.4 is 9.47 Å². The molecule has 10 heteroatoms. The molecule has 2 aliphatic rings. The summed E-state index contributed by atoms with van der Waals surface area (Å²) in [6, 6.07) is 21.3. The van der Waals surface area contributed by atoms with E-state index in [4.69, 9.17) is 21.7 Å². The van der Waals surface area contributed by atoms with Crippen LogP contribution >= 0.6 is 28.1 Å². The Hall–Kier alpha value is -3.57. The highest BCUT2D eigenvalue weighted by atomic mass is 79.9. The lowest BCUT2D eigenvalue weighted by atomic mass is 9.70. The van der Waals surface area contributed by atoms with Crippen molar-refractivity contribution < 1.29 is 29.6 Å². The summed E-state index contributed by atoms with van der Waals surface area (Å²) in [6.45, 7) is 0. The lowest BCUT2D eigenvalue weighted by Gasteiger charge is -2.40. The quantitative estimate of drug-likeness (QED) is 0.280. The summed E-state index contributed by atoms with van der Waals surface area (Å²) in [5, 5.41) is 35.1. The first-order valence-electron chi connectivity index (χ1n) is 12.1. The number of benzene rings is 2. The average molecular weight is 607 g/mol. The van der Waals surface area contributed by atoms with Gasteiger partial charge in [-0.15, -0.1) is 0 Å². The van der Waals surface area contributed by atoms with Crippen LogP contribution in [0.1, 0.15) is 22.6 Å². The van der Waals surface area contributed by atoms with Gasteiger partial charge in [0.25, 0.3) is 0 Å². The molecule has 0 radical (unpaired) electrons. The van der Waals surface area contributed by atoms with E-state index in [9.17, 15) is 20.1 Å². The molecule has 4 aromatic rings. The molecule has 2 aromatic heterocycles. The highest BCUT2D eigenvalue weighted by Gasteiger charge is 2.78. The number of aliphatic hydroxyl groups excluding tert-OH is 1. The van der Waals surface area contributed by atoms with Crippen molar-refractivity contribution in [2.75, 3.05) is 7.11 Å². The van der Waals surface area contributed by atoms with E-state index in [-0.39, 0.29) is 22.9 Å². The van der Waals surface area contributed by atoms with E-state index in [0.29, 0.717) is 15.8 Å². The Kier molecular flexibility index (Phi) is 6.11. The molecule has 1 aliphatic heterocycles. The molecule has 0 bridgehead atoms. The van der Waals surface area contributed by atoms with Crippen molar-refractivity contribution >= 4 is 34.1 Å². The number of hydrogen-bond donors (Lipinski definition) is 3. The fourth-order valence-corrected chi connectivity index (χ4v) is 6.67. The van der Waals surface area contributed by atoms with Crippen molar-refractivity contribution in [3.63, 3.8) is 0 Å². The third-order valence-corrected chi connectivity index (χ3v) is 8.61. The van der Waals surface area contributed by atoms with Crippen LogP contribution in [0.25, 0.3) is 5.82 Å². The minimum Gasteiger partial charge on any atom is -0.495 e. The van der Waals surface area contributed by atoms with Crippen molar-refractivity contribution in [2.45, 2.75) is 23.2 Å². The number of halogens is 1. The summed E-state index contributed by atoms with van der Waals surface area (Å²) in [5.74, 6) is -3.12. The van der Waals surface area contributed by atoms with Gasteiger partial charge in [-0.2, -0.15) is 0 Å². The van der Waals surface area contributed by atoms with Crippen molar-refractivity contribution in [3.05, 3.63) is 111 Å². The summed E-state index contributed by atoms with van der Waals surface area (Å²) in [5.41, 5.74) is -2.85. The molecule has 39 heavy (non-hydrogen) atoms. The van der Waals surface area contributed by atoms with Gasteiger partial charge in [0.2, 0.25) is 0 Å². The van der Waals surface area contributed by atoms with E-state index in [2.05, 4.69) is 20.9 Å². The number of carboxylic acid groups (broad SMARTS) is 1. The van der Waals surface area contributed by atoms with E-state index in [1.807, 2.05) is 6.07 Å². The average Bonchev–Trinajstić information content (AvgIpc) is 3.33. The fraction of sp³-hybridized carbons (Fsp3) is 0.207. The number of carboxylic acids is 1. The maximum atomic E-state index is 12.8. The molecule has 1 aliphatic carbocycles. The first-order valence-corrected chi connectivity index (χ1v) is 13.3. The largest absolute Gasteiger partial charge is 0.495 e. The topological polar surface area (TPSA) is 114 Å². The number of methoxy groups -OCH3 is 1. The van der Waals surface area contributed by atoms with E-state index < -0.39 is 35.1 Å². The van der Waals surface area contributed by atoms with Crippen LogP contribution in [0.4, 0.5) is 0 Å². The zero-order valence-electron chi connectivity index (χ0n) is 20.6. The van der Waals surface area contributed by atoms with E-state index in [0.717, 1.165) is 4.47 Å². The van der Waals surface area contributed by atoms with Gasteiger partial charge in [-0.25, -0.2) is 4.98 Å². The van der Waals surface area contributed by atoms with E-state index in [1.165, 1.54) is 13.3 Å². The Morgan fingerprint density at radius 2 is 1.79 bits per heavy atom. The molecule has 1 fully saturated rings. The number of fused-ring (bicyclic) bond motifs is 3. The number of rotatable bonds is 5. The molecule has 0 saturated heterocycles. The van der Waals surface area contributed by atoms with Crippen LogP contribution in [-0.4, -0.2) is 44.1 Å². The van der Waals surface area contributed by atoms with Crippen LogP contribution in [0.5, 0.6) is 11.5 Å². The van der Waals surface area contributed by atoms with Gasteiger partial charge in [0.15, 0.2) is 22.8 Å². The van der Waals surface area contributed by atoms with Crippen LogP contribution in [0, 0.1) is 10.6 Å². The lowest BCUT2D eigenvalue weighted by molar-refractivity contribution is -0.159. The molecular formula is C29H23BrN2O6S. The molecule has 5 atom stereocenters. The van der Waals surface area contributed by atoms with Crippen LogP contribution in [0.3, 0.4) is 0 Å². The van der Waals surface area contributed by atoms with E-state index >= 15 is 0 Å². The fourth-order valence-electron chi connectivity index (χ4n) is 6.18. The highest BCUT2D eigenvalue weighted by molar-refractivity contribution is 9.10.